The first-order chi connectivity index (χ1) is 8.42. The lowest BCUT2D eigenvalue weighted by Gasteiger charge is -2.31. The van der Waals surface area contributed by atoms with E-state index in [0.717, 1.165) is 12.1 Å². The highest BCUT2D eigenvalue weighted by Crippen LogP contribution is 2.21. The van der Waals surface area contributed by atoms with Gasteiger partial charge in [-0.3, -0.25) is 4.90 Å². The number of nitrogens with zero attached hydrogens (tertiary/aromatic N) is 2. The van der Waals surface area contributed by atoms with E-state index < -0.39 is 0 Å². The Morgan fingerprint density at radius 3 is 2.76 bits per heavy atom. The van der Waals surface area contributed by atoms with Gasteiger partial charge in [-0.25, -0.2) is 0 Å². The number of nitrogens with one attached hydrogen (secondary N) is 1. The molecule has 3 heteroatoms. The Kier molecular flexibility index (Phi) is 3.99. The van der Waals surface area contributed by atoms with E-state index in [-0.39, 0.29) is 0 Å². The van der Waals surface area contributed by atoms with Crippen LogP contribution in [0.25, 0.3) is 0 Å². The summed E-state index contributed by atoms with van der Waals surface area (Å²) in [5, 5.41) is 3.69. The highest BCUT2D eigenvalue weighted by Gasteiger charge is 2.29. The van der Waals surface area contributed by atoms with Crippen LogP contribution in [-0.4, -0.2) is 61.2 Å². The molecule has 0 aromatic carbocycles. The number of fused-ring (bicyclic) bond motifs is 1. The van der Waals surface area contributed by atoms with Crippen LogP contribution in [0.2, 0.25) is 0 Å². The normalized spacial score (nSPS) is 36.7. The van der Waals surface area contributed by atoms with E-state index in [4.69, 9.17) is 0 Å². The van der Waals surface area contributed by atoms with Crippen LogP contribution < -0.4 is 5.32 Å². The molecule has 0 saturated carbocycles. The maximum Gasteiger partial charge on any atom is 0.0223 e. The van der Waals surface area contributed by atoms with Crippen molar-refractivity contribution in [2.45, 2.75) is 50.6 Å². The molecule has 0 aromatic rings. The van der Waals surface area contributed by atoms with Gasteiger partial charge < -0.3 is 10.2 Å². The van der Waals surface area contributed by atoms with E-state index in [2.05, 4.69) is 15.1 Å². The van der Waals surface area contributed by atoms with Gasteiger partial charge in [-0.15, -0.1) is 0 Å². The third kappa shape index (κ3) is 3.01. The van der Waals surface area contributed by atoms with Gasteiger partial charge in [0.05, 0.1) is 0 Å². The van der Waals surface area contributed by atoms with Crippen LogP contribution in [0.5, 0.6) is 0 Å². The maximum atomic E-state index is 3.69. The highest BCUT2D eigenvalue weighted by atomic mass is 15.3. The molecule has 98 valence electrons. The molecule has 0 aromatic heterocycles. The lowest BCUT2D eigenvalue weighted by Crippen LogP contribution is -2.46. The summed E-state index contributed by atoms with van der Waals surface area (Å²) in [5.41, 5.74) is 0. The number of hydrogen-bond acceptors (Lipinski definition) is 3. The molecule has 2 unspecified atom stereocenters. The van der Waals surface area contributed by atoms with Crippen LogP contribution in [0.1, 0.15) is 38.5 Å². The fourth-order valence-corrected chi connectivity index (χ4v) is 3.84. The molecule has 3 aliphatic heterocycles. The van der Waals surface area contributed by atoms with Crippen molar-refractivity contribution < 1.29 is 0 Å². The summed E-state index contributed by atoms with van der Waals surface area (Å²) in [5.74, 6) is 0. The molecular weight excluding hydrogens is 210 g/mol. The second-order valence-electron chi connectivity index (χ2n) is 6.09. The predicted molar refractivity (Wildman–Crippen MR) is 71.3 cm³/mol. The molecule has 3 heterocycles. The fourth-order valence-electron chi connectivity index (χ4n) is 3.84. The monoisotopic (exact) mass is 237 g/mol. The van der Waals surface area contributed by atoms with Gasteiger partial charge in [-0.2, -0.15) is 0 Å². The van der Waals surface area contributed by atoms with Crippen molar-refractivity contribution in [3.8, 4) is 0 Å². The standard InChI is InChI=1S/C14H27N3/c1-2-7-15-13(5-1)11-16-8-4-10-17-9-3-6-14(17)12-16/h13-15H,1-12H2. The topological polar surface area (TPSA) is 18.5 Å². The molecule has 0 amide bonds. The van der Waals surface area contributed by atoms with Crippen molar-refractivity contribution in [2.75, 3.05) is 39.3 Å². The zero-order chi connectivity index (χ0) is 11.5. The van der Waals surface area contributed by atoms with E-state index in [1.54, 1.807) is 0 Å². The van der Waals surface area contributed by atoms with Crippen LogP contribution >= 0.6 is 0 Å². The Hall–Kier alpha value is -0.120. The average Bonchev–Trinajstić information content (AvgIpc) is 2.70. The zero-order valence-electron chi connectivity index (χ0n) is 11.0. The summed E-state index contributed by atoms with van der Waals surface area (Å²) < 4.78 is 0. The van der Waals surface area contributed by atoms with Gasteiger partial charge in [-0.05, 0) is 58.3 Å². The maximum absolute atomic E-state index is 3.69. The SMILES string of the molecule is C1CCC(CN2CCCN3CCCC3C2)NC1. The lowest BCUT2D eigenvalue weighted by atomic mass is 10.0. The van der Waals surface area contributed by atoms with Gasteiger partial charge in [-0.1, -0.05) is 6.42 Å². The highest BCUT2D eigenvalue weighted by molar-refractivity contribution is 4.86. The van der Waals surface area contributed by atoms with Crippen molar-refractivity contribution in [1.29, 1.82) is 0 Å². The molecule has 1 N–H and O–H groups in total. The van der Waals surface area contributed by atoms with E-state index in [0.29, 0.717) is 0 Å². The summed E-state index contributed by atoms with van der Waals surface area (Å²) in [6.07, 6.45) is 8.46. The molecular formula is C14H27N3. The largest absolute Gasteiger partial charge is 0.313 e. The van der Waals surface area contributed by atoms with E-state index in [1.165, 1.54) is 77.8 Å². The number of rotatable bonds is 2. The van der Waals surface area contributed by atoms with Gasteiger partial charge >= 0.3 is 0 Å². The van der Waals surface area contributed by atoms with Crippen molar-refractivity contribution >= 4 is 0 Å². The first-order valence-corrected chi connectivity index (χ1v) is 7.61. The van der Waals surface area contributed by atoms with Crippen molar-refractivity contribution in [3.63, 3.8) is 0 Å². The molecule has 2 atom stereocenters. The Morgan fingerprint density at radius 1 is 0.941 bits per heavy atom. The van der Waals surface area contributed by atoms with Gasteiger partial charge in [0.25, 0.3) is 0 Å². The van der Waals surface area contributed by atoms with E-state index in [9.17, 15) is 0 Å². The van der Waals surface area contributed by atoms with Crippen LogP contribution in [0.4, 0.5) is 0 Å². The molecule has 0 radical (unpaired) electrons. The summed E-state index contributed by atoms with van der Waals surface area (Å²) >= 11 is 0. The van der Waals surface area contributed by atoms with E-state index >= 15 is 0 Å². The zero-order valence-corrected chi connectivity index (χ0v) is 11.0. The van der Waals surface area contributed by atoms with Crippen molar-refractivity contribution in [3.05, 3.63) is 0 Å². The second kappa shape index (κ2) is 5.68. The Bertz CT molecular complexity index is 238. The smallest absolute Gasteiger partial charge is 0.0223 e. The van der Waals surface area contributed by atoms with Crippen LogP contribution in [0, 0.1) is 0 Å². The van der Waals surface area contributed by atoms with Gasteiger partial charge in [0, 0.05) is 25.2 Å². The Balaban J connectivity index is 1.52. The quantitative estimate of drug-likeness (QED) is 0.781. The number of hydrogen-bond donors (Lipinski definition) is 1. The predicted octanol–water partition coefficient (Wildman–Crippen LogP) is 1.30. The molecule has 0 bridgehead atoms. The molecule has 17 heavy (non-hydrogen) atoms. The first-order valence-electron chi connectivity index (χ1n) is 7.61. The van der Waals surface area contributed by atoms with Gasteiger partial charge in [0.2, 0.25) is 0 Å². The molecule has 3 nitrogen and oxygen atoms in total. The Morgan fingerprint density at radius 2 is 1.88 bits per heavy atom. The minimum atomic E-state index is 0.775. The van der Waals surface area contributed by atoms with Crippen molar-refractivity contribution in [1.82, 2.24) is 15.1 Å². The lowest BCUT2D eigenvalue weighted by molar-refractivity contribution is 0.196. The van der Waals surface area contributed by atoms with Crippen LogP contribution in [-0.2, 0) is 0 Å². The third-order valence-electron chi connectivity index (χ3n) is 4.78. The minimum Gasteiger partial charge on any atom is -0.313 e. The number of piperidine rings is 1. The second-order valence-corrected chi connectivity index (χ2v) is 6.09. The molecule has 0 aliphatic carbocycles. The molecule has 3 rings (SSSR count). The average molecular weight is 237 g/mol. The summed E-state index contributed by atoms with van der Waals surface area (Å²) in [4.78, 5) is 5.47. The molecule has 3 aliphatic rings. The molecule has 0 spiro atoms. The van der Waals surface area contributed by atoms with Crippen molar-refractivity contribution in [2.24, 2.45) is 0 Å². The summed E-state index contributed by atoms with van der Waals surface area (Å²) in [6, 6.07) is 1.65. The summed E-state index contributed by atoms with van der Waals surface area (Å²) in [7, 11) is 0. The Labute approximate surface area is 106 Å². The van der Waals surface area contributed by atoms with E-state index in [1.807, 2.05) is 0 Å². The van der Waals surface area contributed by atoms with Crippen LogP contribution in [0.3, 0.4) is 0 Å². The van der Waals surface area contributed by atoms with Gasteiger partial charge in [0.1, 0.15) is 0 Å². The fraction of sp³-hybridized carbons (Fsp3) is 1.00. The van der Waals surface area contributed by atoms with Gasteiger partial charge in [0.15, 0.2) is 0 Å². The minimum absolute atomic E-state index is 0.775. The van der Waals surface area contributed by atoms with Crippen LogP contribution in [0.15, 0.2) is 0 Å². The molecule has 3 fully saturated rings. The molecule has 3 saturated heterocycles. The first kappa shape index (κ1) is 11.9. The third-order valence-corrected chi connectivity index (χ3v) is 4.78. The summed E-state index contributed by atoms with van der Waals surface area (Å²) in [6.45, 7) is 7.90.